The van der Waals surface area contributed by atoms with Gasteiger partial charge in [0.05, 0.1) is 12.5 Å². The van der Waals surface area contributed by atoms with Crippen LogP contribution in [0.1, 0.15) is 39.5 Å². The van der Waals surface area contributed by atoms with Gasteiger partial charge in [0, 0.05) is 24.9 Å². The number of rotatable bonds is 8. The van der Waals surface area contributed by atoms with Gasteiger partial charge in [-0.2, -0.15) is 0 Å². The maximum atomic E-state index is 13.2. The summed E-state index contributed by atoms with van der Waals surface area (Å²) in [5.74, 6) is -0.963. The fraction of sp³-hybridized carbons (Fsp3) is 0.300. The number of ether oxygens (including phenoxy) is 1. The molecule has 0 amide bonds. The molecule has 8 nitrogen and oxygen atoms in total. The minimum absolute atomic E-state index is 0.0797. The second kappa shape index (κ2) is 8.44. The quantitative estimate of drug-likeness (QED) is 0.579. The smallest absolute Gasteiger partial charge is 0.346 e. The number of thiophene rings is 1. The molecule has 2 N–H and O–H groups in total. The average Bonchev–Trinajstić information content (AvgIpc) is 3.01. The molecule has 0 fully saturated rings. The number of nitrogens with zero attached hydrogens (tertiary/aromatic N) is 2. The predicted molar refractivity (Wildman–Crippen MR) is 108 cm³/mol. The van der Waals surface area contributed by atoms with Gasteiger partial charge in [-0.25, -0.2) is 9.78 Å². The molecular formula is C20H20N2O6S. The van der Waals surface area contributed by atoms with E-state index in [1.807, 2.05) is 18.2 Å². The highest BCUT2D eigenvalue weighted by Crippen LogP contribution is 2.28. The van der Waals surface area contributed by atoms with E-state index in [1.54, 1.807) is 20.1 Å². The van der Waals surface area contributed by atoms with Crippen molar-refractivity contribution in [1.82, 2.24) is 9.55 Å². The van der Waals surface area contributed by atoms with Crippen molar-refractivity contribution in [3.8, 4) is 5.75 Å². The molecule has 9 heteroatoms. The van der Waals surface area contributed by atoms with Crippen molar-refractivity contribution >= 4 is 33.5 Å². The Kier molecular flexibility index (Phi) is 5.97. The third-order valence-electron chi connectivity index (χ3n) is 4.64. The van der Waals surface area contributed by atoms with Crippen molar-refractivity contribution in [2.45, 2.75) is 32.7 Å². The van der Waals surface area contributed by atoms with Gasteiger partial charge in [-0.1, -0.05) is 18.2 Å². The summed E-state index contributed by atoms with van der Waals surface area (Å²) in [6.07, 6.45) is 0.472. The zero-order valence-corrected chi connectivity index (χ0v) is 16.8. The molecule has 0 aliphatic rings. The summed E-state index contributed by atoms with van der Waals surface area (Å²) in [7, 11) is 1.55. The Balaban J connectivity index is 2.16. The summed E-state index contributed by atoms with van der Waals surface area (Å²) >= 11 is 0.969. The molecule has 0 saturated carbocycles. The van der Waals surface area contributed by atoms with Crippen LogP contribution in [0.15, 0.2) is 29.1 Å². The van der Waals surface area contributed by atoms with Gasteiger partial charge in [0.1, 0.15) is 21.3 Å². The maximum Gasteiger partial charge on any atom is 0.346 e. The van der Waals surface area contributed by atoms with Crippen LogP contribution in [-0.4, -0.2) is 38.8 Å². The number of carbonyl (C=O) groups is 2. The van der Waals surface area contributed by atoms with E-state index in [1.165, 1.54) is 4.57 Å². The third kappa shape index (κ3) is 4.14. The van der Waals surface area contributed by atoms with E-state index in [2.05, 4.69) is 4.98 Å². The van der Waals surface area contributed by atoms with Crippen molar-refractivity contribution in [2.75, 3.05) is 7.11 Å². The molecule has 0 unspecified atom stereocenters. The molecular weight excluding hydrogens is 396 g/mol. The first-order valence-corrected chi connectivity index (χ1v) is 9.75. The van der Waals surface area contributed by atoms with E-state index in [4.69, 9.17) is 9.84 Å². The molecule has 3 rings (SSSR count). The van der Waals surface area contributed by atoms with Crippen LogP contribution in [-0.2, 0) is 17.8 Å². The van der Waals surface area contributed by atoms with E-state index in [0.29, 0.717) is 28.4 Å². The first-order chi connectivity index (χ1) is 13.8. The van der Waals surface area contributed by atoms with Crippen molar-refractivity contribution in [3.63, 3.8) is 0 Å². The molecule has 0 atom stereocenters. The molecule has 0 aliphatic heterocycles. The van der Waals surface area contributed by atoms with Crippen molar-refractivity contribution in [3.05, 3.63) is 56.4 Å². The van der Waals surface area contributed by atoms with E-state index in [9.17, 15) is 19.5 Å². The normalized spacial score (nSPS) is 11.0. The largest absolute Gasteiger partial charge is 0.496 e. The van der Waals surface area contributed by atoms with Gasteiger partial charge in [-0.05, 0) is 25.0 Å². The lowest BCUT2D eigenvalue weighted by Gasteiger charge is -2.14. The van der Waals surface area contributed by atoms with Crippen LogP contribution in [0, 0.1) is 6.92 Å². The second-order valence-corrected chi connectivity index (χ2v) is 7.51. The Morgan fingerprint density at radius 3 is 2.62 bits per heavy atom. The Morgan fingerprint density at radius 2 is 1.97 bits per heavy atom. The molecule has 3 aromatic rings. The van der Waals surface area contributed by atoms with E-state index < -0.39 is 11.9 Å². The van der Waals surface area contributed by atoms with Gasteiger partial charge >= 0.3 is 11.9 Å². The van der Waals surface area contributed by atoms with Gasteiger partial charge in [0.2, 0.25) is 0 Å². The average molecular weight is 416 g/mol. The summed E-state index contributed by atoms with van der Waals surface area (Å²) in [6.45, 7) is 1.77. The highest BCUT2D eigenvalue weighted by Gasteiger charge is 2.21. The van der Waals surface area contributed by atoms with Crippen LogP contribution < -0.4 is 10.3 Å². The molecule has 0 bridgehead atoms. The van der Waals surface area contributed by atoms with Gasteiger partial charge in [0.15, 0.2) is 0 Å². The van der Waals surface area contributed by atoms with E-state index in [0.717, 1.165) is 16.9 Å². The molecule has 0 spiro atoms. The fourth-order valence-electron chi connectivity index (χ4n) is 3.24. The number of aryl methyl sites for hydroxylation is 1. The maximum absolute atomic E-state index is 13.2. The minimum atomic E-state index is -1.10. The standard InChI is InChI=1S/C20H20N2O6S/c1-11-16-18(29-17(11)20(26)27)21-14(10-12-6-3-4-7-13(12)28-2)22(19(16)25)9-5-8-15(23)24/h3-4,6-7H,5,8-10H2,1-2H3,(H,23,24)(H,26,27). The van der Waals surface area contributed by atoms with E-state index in [-0.39, 0.29) is 35.2 Å². The van der Waals surface area contributed by atoms with Crippen LogP contribution >= 0.6 is 11.3 Å². The Morgan fingerprint density at radius 1 is 1.24 bits per heavy atom. The highest BCUT2D eigenvalue weighted by atomic mass is 32.1. The fourth-order valence-corrected chi connectivity index (χ4v) is 4.27. The summed E-state index contributed by atoms with van der Waals surface area (Å²) in [4.78, 5) is 40.6. The van der Waals surface area contributed by atoms with Gasteiger partial charge in [-0.15, -0.1) is 11.3 Å². The Bertz CT molecular complexity index is 1150. The number of carboxylic acids is 2. The van der Waals surface area contributed by atoms with Gasteiger partial charge in [-0.3, -0.25) is 14.2 Å². The number of hydrogen-bond donors (Lipinski definition) is 2. The van der Waals surface area contributed by atoms with E-state index >= 15 is 0 Å². The molecule has 0 aliphatic carbocycles. The Hall–Kier alpha value is -3.20. The monoisotopic (exact) mass is 416 g/mol. The number of benzene rings is 1. The van der Waals surface area contributed by atoms with Crippen molar-refractivity contribution in [2.24, 2.45) is 0 Å². The third-order valence-corrected chi connectivity index (χ3v) is 5.81. The molecule has 29 heavy (non-hydrogen) atoms. The molecule has 0 saturated heterocycles. The number of carboxylic acid groups (broad SMARTS) is 2. The number of aromatic nitrogens is 2. The molecule has 0 radical (unpaired) electrons. The first-order valence-electron chi connectivity index (χ1n) is 8.93. The number of aromatic carboxylic acids is 1. The SMILES string of the molecule is COc1ccccc1Cc1nc2sc(C(=O)O)c(C)c2c(=O)n1CCCC(=O)O. The van der Waals surface area contributed by atoms with Gasteiger partial charge < -0.3 is 14.9 Å². The lowest BCUT2D eigenvalue weighted by molar-refractivity contribution is -0.137. The van der Waals surface area contributed by atoms with Crippen LogP contribution in [0.4, 0.5) is 0 Å². The molecule has 152 valence electrons. The molecule has 2 aromatic heterocycles. The number of aliphatic carboxylic acids is 1. The van der Waals surface area contributed by atoms with Crippen molar-refractivity contribution < 1.29 is 24.5 Å². The highest BCUT2D eigenvalue weighted by molar-refractivity contribution is 7.20. The topological polar surface area (TPSA) is 119 Å². The summed E-state index contributed by atoms with van der Waals surface area (Å²) in [5.41, 5.74) is 0.845. The zero-order chi connectivity index (χ0) is 21.1. The summed E-state index contributed by atoms with van der Waals surface area (Å²) < 4.78 is 6.82. The number of methoxy groups -OCH3 is 1. The van der Waals surface area contributed by atoms with Crippen molar-refractivity contribution in [1.29, 1.82) is 0 Å². The number of fused-ring (bicyclic) bond motifs is 1. The number of hydrogen-bond acceptors (Lipinski definition) is 6. The van der Waals surface area contributed by atoms with Crippen LogP contribution in [0.3, 0.4) is 0 Å². The lowest BCUT2D eigenvalue weighted by Crippen LogP contribution is -2.26. The minimum Gasteiger partial charge on any atom is -0.496 e. The lowest BCUT2D eigenvalue weighted by atomic mass is 10.1. The van der Waals surface area contributed by atoms with Crippen LogP contribution in [0.25, 0.3) is 10.2 Å². The second-order valence-electron chi connectivity index (χ2n) is 6.51. The summed E-state index contributed by atoms with van der Waals surface area (Å²) in [6, 6.07) is 7.35. The summed E-state index contributed by atoms with van der Waals surface area (Å²) in [5, 5.41) is 18.6. The first kappa shape index (κ1) is 20.5. The Labute approximate surface area is 170 Å². The molecule has 1 aromatic carbocycles. The molecule has 2 heterocycles. The number of para-hydroxylation sites is 1. The van der Waals surface area contributed by atoms with Crippen LogP contribution in [0.5, 0.6) is 5.75 Å². The zero-order valence-electron chi connectivity index (χ0n) is 16.0. The predicted octanol–water partition coefficient (Wildman–Crippen LogP) is 2.93. The van der Waals surface area contributed by atoms with Crippen LogP contribution in [0.2, 0.25) is 0 Å². The van der Waals surface area contributed by atoms with Gasteiger partial charge in [0.25, 0.3) is 5.56 Å².